The fourth-order valence-electron chi connectivity index (χ4n) is 4.45. The van der Waals surface area contributed by atoms with E-state index in [1.54, 1.807) is 18.5 Å². The highest BCUT2D eigenvalue weighted by atomic mass is 16.4. The Kier molecular flexibility index (Phi) is 5.72. The van der Waals surface area contributed by atoms with E-state index in [0.717, 1.165) is 24.1 Å². The van der Waals surface area contributed by atoms with E-state index in [-0.39, 0.29) is 34.7 Å². The van der Waals surface area contributed by atoms with E-state index in [4.69, 9.17) is 4.42 Å². The molecule has 0 fully saturated rings. The van der Waals surface area contributed by atoms with Crippen LogP contribution in [0.3, 0.4) is 0 Å². The maximum absolute atomic E-state index is 13.3. The smallest absolute Gasteiger partial charge is 0.287 e. The van der Waals surface area contributed by atoms with E-state index < -0.39 is 5.91 Å². The van der Waals surface area contributed by atoms with Gasteiger partial charge in [0.15, 0.2) is 11.5 Å². The molecular weight excluding hydrogens is 414 g/mol. The number of aromatic nitrogens is 2. The number of fused-ring (bicyclic) bond motifs is 1. The van der Waals surface area contributed by atoms with Crippen molar-refractivity contribution in [1.82, 2.24) is 15.3 Å². The van der Waals surface area contributed by atoms with Crippen molar-refractivity contribution in [3.05, 3.63) is 81.8 Å². The zero-order chi connectivity index (χ0) is 24.0. The van der Waals surface area contributed by atoms with Crippen LogP contribution < -0.4 is 5.32 Å². The zero-order valence-electron chi connectivity index (χ0n) is 20.2. The number of furan rings is 1. The van der Waals surface area contributed by atoms with Gasteiger partial charge >= 0.3 is 0 Å². The van der Waals surface area contributed by atoms with Gasteiger partial charge in [0.25, 0.3) is 5.91 Å². The Morgan fingerprint density at radius 3 is 2.21 bits per heavy atom. The van der Waals surface area contributed by atoms with Crippen molar-refractivity contribution in [2.45, 2.75) is 71.8 Å². The molecule has 0 bridgehead atoms. The van der Waals surface area contributed by atoms with Gasteiger partial charge in [-0.15, -0.1) is 0 Å². The lowest BCUT2D eigenvalue weighted by Crippen LogP contribution is -2.34. The number of amides is 1. The Labute approximate surface area is 194 Å². The number of benzene rings is 1. The summed E-state index contributed by atoms with van der Waals surface area (Å²) < 4.78 is 5.66. The third-order valence-corrected chi connectivity index (χ3v) is 6.76. The van der Waals surface area contributed by atoms with Gasteiger partial charge in [0.1, 0.15) is 0 Å². The molecule has 0 saturated heterocycles. The summed E-state index contributed by atoms with van der Waals surface area (Å²) in [5, 5.41) is 2.75. The number of ketones is 1. The van der Waals surface area contributed by atoms with Crippen LogP contribution in [0.4, 0.5) is 0 Å². The summed E-state index contributed by atoms with van der Waals surface area (Å²) >= 11 is 0. The van der Waals surface area contributed by atoms with Crippen LogP contribution in [0, 0.1) is 13.8 Å². The molecule has 33 heavy (non-hydrogen) atoms. The number of hydrogen-bond acceptors (Lipinski definition) is 5. The highest BCUT2D eigenvalue weighted by molar-refractivity contribution is 6.09. The Hall–Kier alpha value is -3.28. The van der Waals surface area contributed by atoms with E-state index in [1.165, 1.54) is 17.2 Å². The van der Waals surface area contributed by atoms with Crippen LogP contribution in [0.2, 0.25) is 0 Å². The van der Waals surface area contributed by atoms with Gasteiger partial charge in [0.2, 0.25) is 5.78 Å². The van der Waals surface area contributed by atoms with Gasteiger partial charge < -0.3 is 9.73 Å². The number of nitrogens with zero attached hydrogens (tertiary/aromatic N) is 2. The van der Waals surface area contributed by atoms with E-state index >= 15 is 0 Å². The SMILES string of the molecule is Cc1cnc(CNC(=O)c2ccc(C(=O)c3cc4c(cc3C)C(C)(C)CCC4(C)C)o2)cn1. The first kappa shape index (κ1) is 22.9. The van der Waals surface area contributed by atoms with Crippen molar-refractivity contribution in [2.75, 3.05) is 0 Å². The van der Waals surface area contributed by atoms with Crippen molar-refractivity contribution >= 4 is 11.7 Å². The van der Waals surface area contributed by atoms with Crippen molar-refractivity contribution in [1.29, 1.82) is 0 Å². The molecule has 3 aromatic rings. The van der Waals surface area contributed by atoms with Gasteiger partial charge in [-0.25, -0.2) is 0 Å². The van der Waals surface area contributed by atoms with Gasteiger partial charge in [-0.3, -0.25) is 19.6 Å². The molecule has 6 nitrogen and oxygen atoms in total. The Bertz CT molecular complexity index is 1220. The van der Waals surface area contributed by atoms with Crippen LogP contribution in [0.5, 0.6) is 0 Å². The largest absolute Gasteiger partial charge is 0.447 e. The standard InChI is InChI=1S/C27H31N3O3/c1-16-11-20-21(27(5,6)10-9-26(20,3)4)12-19(16)24(31)22-7-8-23(33-22)25(32)30-15-18-14-28-17(2)13-29-18/h7-8,11-14H,9-10,15H2,1-6H3,(H,30,32). The number of carbonyl (C=O) groups excluding carboxylic acids is 2. The average molecular weight is 446 g/mol. The molecule has 0 saturated carbocycles. The third-order valence-electron chi connectivity index (χ3n) is 6.76. The first-order valence-corrected chi connectivity index (χ1v) is 11.3. The Morgan fingerprint density at radius 1 is 0.939 bits per heavy atom. The Balaban J connectivity index is 1.56. The average Bonchev–Trinajstić information content (AvgIpc) is 3.26. The van der Waals surface area contributed by atoms with Gasteiger partial charge in [0.05, 0.1) is 24.1 Å². The number of aryl methyl sites for hydroxylation is 2. The van der Waals surface area contributed by atoms with Gasteiger partial charge in [-0.05, 0) is 72.4 Å². The molecule has 1 aliphatic carbocycles. The quantitative estimate of drug-likeness (QED) is 0.546. The summed E-state index contributed by atoms with van der Waals surface area (Å²) in [6.07, 6.45) is 5.45. The monoisotopic (exact) mass is 445 g/mol. The predicted octanol–water partition coefficient (Wildman–Crippen LogP) is 5.20. The summed E-state index contributed by atoms with van der Waals surface area (Å²) in [5.41, 5.74) is 5.61. The Morgan fingerprint density at radius 2 is 1.58 bits per heavy atom. The molecule has 1 aliphatic rings. The number of rotatable bonds is 5. The van der Waals surface area contributed by atoms with Gasteiger partial charge in [-0.1, -0.05) is 33.8 Å². The molecule has 1 aromatic carbocycles. The second kappa shape index (κ2) is 8.25. The lowest BCUT2D eigenvalue weighted by atomic mass is 9.62. The fourth-order valence-corrected chi connectivity index (χ4v) is 4.45. The van der Waals surface area contributed by atoms with Crippen molar-refractivity contribution in [3.63, 3.8) is 0 Å². The highest BCUT2D eigenvalue weighted by Crippen LogP contribution is 2.46. The summed E-state index contributed by atoms with van der Waals surface area (Å²) in [4.78, 5) is 34.2. The van der Waals surface area contributed by atoms with Crippen LogP contribution >= 0.6 is 0 Å². The van der Waals surface area contributed by atoms with E-state index in [0.29, 0.717) is 11.3 Å². The van der Waals surface area contributed by atoms with Crippen LogP contribution in [-0.4, -0.2) is 21.7 Å². The second-order valence-corrected chi connectivity index (χ2v) is 10.3. The molecule has 2 heterocycles. The van der Waals surface area contributed by atoms with E-state index in [2.05, 4.69) is 49.0 Å². The van der Waals surface area contributed by atoms with E-state index in [9.17, 15) is 9.59 Å². The summed E-state index contributed by atoms with van der Waals surface area (Å²) in [5.74, 6) is -0.360. The molecule has 4 rings (SSSR count). The van der Waals surface area contributed by atoms with Crippen LogP contribution in [0.15, 0.2) is 41.1 Å². The van der Waals surface area contributed by atoms with Gasteiger partial charge in [0, 0.05) is 11.8 Å². The van der Waals surface area contributed by atoms with Crippen LogP contribution in [0.25, 0.3) is 0 Å². The molecule has 1 amide bonds. The minimum absolute atomic E-state index is 0.000659. The molecule has 0 spiro atoms. The molecule has 0 aliphatic heterocycles. The molecule has 172 valence electrons. The van der Waals surface area contributed by atoms with Gasteiger partial charge in [-0.2, -0.15) is 0 Å². The van der Waals surface area contributed by atoms with Crippen LogP contribution in [-0.2, 0) is 17.4 Å². The normalized spacial score (nSPS) is 16.2. The van der Waals surface area contributed by atoms with Crippen molar-refractivity contribution in [2.24, 2.45) is 0 Å². The number of carbonyl (C=O) groups is 2. The number of nitrogens with one attached hydrogen (secondary N) is 1. The third kappa shape index (κ3) is 4.47. The molecule has 6 heteroatoms. The topological polar surface area (TPSA) is 85.1 Å². The summed E-state index contributed by atoms with van der Waals surface area (Å²) in [7, 11) is 0. The first-order chi connectivity index (χ1) is 15.5. The first-order valence-electron chi connectivity index (χ1n) is 11.3. The van der Waals surface area contributed by atoms with Crippen molar-refractivity contribution < 1.29 is 14.0 Å². The molecule has 0 atom stereocenters. The lowest BCUT2D eigenvalue weighted by molar-refractivity contribution is 0.0916. The summed E-state index contributed by atoms with van der Waals surface area (Å²) in [6.45, 7) is 13.0. The minimum Gasteiger partial charge on any atom is -0.447 e. The maximum atomic E-state index is 13.3. The summed E-state index contributed by atoms with van der Waals surface area (Å²) in [6, 6.07) is 7.29. The minimum atomic E-state index is -0.401. The van der Waals surface area contributed by atoms with Crippen molar-refractivity contribution in [3.8, 4) is 0 Å². The highest BCUT2D eigenvalue weighted by Gasteiger charge is 2.38. The second-order valence-electron chi connectivity index (χ2n) is 10.3. The fraction of sp³-hybridized carbons (Fsp3) is 0.407. The molecule has 0 radical (unpaired) electrons. The molecule has 1 N–H and O–H groups in total. The maximum Gasteiger partial charge on any atom is 0.287 e. The zero-order valence-corrected chi connectivity index (χ0v) is 20.2. The molecule has 2 aromatic heterocycles. The lowest BCUT2D eigenvalue weighted by Gasteiger charge is -2.42. The number of hydrogen-bond donors (Lipinski definition) is 1. The van der Waals surface area contributed by atoms with E-state index in [1.807, 2.05) is 19.9 Å². The molecular formula is C27H31N3O3. The predicted molar refractivity (Wildman–Crippen MR) is 127 cm³/mol. The molecule has 0 unspecified atom stereocenters. The van der Waals surface area contributed by atoms with Crippen LogP contribution in [0.1, 0.15) is 95.3 Å².